The van der Waals surface area contributed by atoms with E-state index in [2.05, 4.69) is 0 Å². The third-order valence-electron chi connectivity index (χ3n) is 5.52. The molecule has 166 valence electrons. The van der Waals surface area contributed by atoms with E-state index in [1.807, 2.05) is 35.8 Å². The van der Waals surface area contributed by atoms with Crippen molar-refractivity contribution in [3.05, 3.63) is 42.0 Å². The molecule has 0 saturated carbocycles. The van der Waals surface area contributed by atoms with Crippen molar-refractivity contribution in [1.29, 1.82) is 0 Å². The second-order valence-electron chi connectivity index (χ2n) is 8.46. The van der Waals surface area contributed by atoms with Crippen LogP contribution in [-0.2, 0) is 11.0 Å². The van der Waals surface area contributed by atoms with Crippen molar-refractivity contribution in [3.63, 3.8) is 0 Å². The Labute approximate surface area is 177 Å². The zero-order valence-corrected chi connectivity index (χ0v) is 17.4. The topological polar surface area (TPSA) is 62.2 Å². The standard InChI is InChI=1S/C22H23F3N2O4/c1-21(2)12-27(18-5-4-14(22(23,24)25)6-19(18)31-21)16-7-15(8-17(9-16)30-3)26-10-13(11-26)20(28)29/h4-9,13H,10-12H2,1-3H3,(H,28,29). The summed E-state index contributed by atoms with van der Waals surface area (Å²) in [7, 11) is 1.53. The first kappa shape index (κ1) is 21.1. The van der Waals surface area contributed by atoms with Gasteiger partial charge in [-0.3, -0.25) is 4.79 Å². The maximum atomic E-state index is 13.2. The predicted molar refractivity (Wildman–Crippen MR) is 109 cm³/mol. The molecule has 0 radical (unpaired) electrons. The highest BCUT2D eigenvalue weighted by atomic mass is 19.4. The van der Waals surface area contributed by atoms with E-state index in [4.69, 9.17) is 14.6 Å². The number of rotatable bonds is 4. The molecule has 2 aliphatic heterocycles. The summed E-state index contributed by atoms with van der Waals surface area (Å²) in [5, 5.41) is 9.15. The Balaban J connectivity index is 1.74. The van der Waals surface area contributed by atoms with Crippen molar-refractivity contribution in [2.45, 2.75) is 25.6 Å². The van der Waals surface area contributed by atoms with E-state index in [-0.39, 0.29) is 5.75 Å². The second kappa shape index (κ2) is 7.25. The van der Waals surface area contributed by atoms with E-state index < -0.39 is 29.2 Å². The molecule has 9 heteroatoms. The monoisotopic (exact) mass is 436 g/mol. The Morgan fingerprint density at radius 3 is 2.45 bits per heavy atom. The molecule has 0 aromatic heterocycles. The van der Waals surface area contributed by atoms with Crippen molar-refractivity contribution in [2.24, 2.45) is 5.92 Å². The summed E-state index contributed by atoms with van der Waals surface area (Å²) in [6.45, 7) is 4.83. The van der Waals surface area contributed by atoms with Gasteiger partial charge in [0.25, 0.3) is 0 Å². The Morgan fingerprint density at radius 1 is 1.16 bits per heavy atom. The molecular formula is C22H23F3N2O4. The third kappa shape index (κ3) is 4.08. The quantitative estimate of drug-likeness (QED) is 0.759. The van der Waals surface area contributed by atoms with E-state index in [0.29, 0.717) is 31.1 Å². The van der Waals surface area contributed by atoms with Gasteiger partial charge in [-0.05, 0) is 38.1 Å². The van der Waals surface area contributed by atoms with Crippen molar-refractivity contribution < 1.29 is 32.5 Å². The first-order valence-electron chi connectivity index (χ1n) is 9.81. The minimum Gasteiger partial charge on any atom is -0.497 e. The summed E-state index contributed by atoms with van der Waals surface area (Å²) < 4.78 is 50.9. The summed E-state index contributed by atoms with van der Waals surface area (Å²) >= 11 is 0. The van der Waals surface area contributed by atoms with Crippen LogP contribution in [0, 0.1) is 5.92 Å². The second-order valence-corrected chi connectivity index (χ2v) is 8.46. The lowest BCUT2D eigenvalue weighted by molar-refractivity contribution is -0.142. The molecule has 6 nitrogen and oxygen atoms in total. The molecule has 0 amide bonds. The van der Waals surface area contributed by atoms with Crippen LogP contribution in [-0.4, -0.2) is 43.4 Å². The fourth-order valence-corrected chi connectivity index (χ4v) is 3.89. The Hall–Kier alpha value is -3.10. The van der Waals surface area contributed by atoms with E-state index in [1.165, 1.54) is 13.2 Å². The highest BCUT2D eigenvalue weighted by Gasteiger charge is 2.38. The van der Waals surface area contributed by atoms with Crippen LogP contribution in [0.15, 0.2) is 36.4 Å². The number of methoxy groups -OCH3 is 1. The fraction of sp³-hybridized carbons (Fsp3) is 0.409. The number of alkyl halides is 3. The summed E-state index contributed by atoms with van der Waals surface area (Å²) in [6.07, 6.45) is -4.47. The summed E-state index contributed by atoms with van der Waals surface area (Å²) in [5.41, 5.74) is 0.551. The van der Waals surface area contributed by atoms with E-state index in [1.54, 1.807) is 6.07 Å². The van der Waals surface area contributed by atoms with Gasteiger partial charge in [-0.2, -0.15) is 13.2 Å². The first-order valence-corrected chi connectivity index (χ1v) is 9.81. The van der Waals surface area contributed by atoms with Crippen LogP contribution in [0.4, 0.5) is 30.2 Å². The van der Waals surface area contributed by atoms with Crippen LogP contribution in [0.25, 0.3) is 0 Å². The summed E-state index contributed by atoms with van der Waals surface area (Å²) in [5.74, 6) is -0.517. The SMILES string of the molecule is COc1cc(N2CC(C(=O)O)C2)cc(N2CC(C)(C)Oc3cc(C(F)(F)F)ccc32)c1. The van der Waals surface area contributed by atoms with E-state index in [9.17, 15) is 18.0 Å². The van der Waals surface area contributed by atoms with Crippen LogP contribution in [0.3, 0.4) is 0 Å². The fourth-order valence-electron chi connectivity index (χ4n) is 3.89. The largest absolute Gasteiger partial charge is 0.497 e. The number of benzene rings is 2. The molecule has 4 rings (SSSR count). The van der Waals surface area contributed by atoms with Gasteiger partial charge in [0.1, 0.15) is 17.1 Å². The number of fused-ring (bicyclic) bond motifs is 1. The first-order chi connectivity index (χ1) is 14.5. The van der Waals surface area contributed by atoms with Crippen LogP contribution >= 0.6 is 0 Å². The molecule has 2 aliphatic rings. The molecule has 1 fully saturated rings. The Kier molecular flexibility index (Phi) is 4.94. The van der Waals surface area contributed by atoms with Gasteiger partial charge in [-0.1, -0.05) is 0 Å². The van der Waals surface area contributed by atoms with Gasteiger partial charge in [0.2, 0.25) is 0 Å². The zero-order chi connectivity index (χ0) is 22.6. The molecule has 0 atom stereocenters. The lowest BCUT2D eigenvalue weighted by atomic mass is 9.99. The summed E-state index contributed by atoms with van der Waals surface area (Å²) in [6, 6.07) is 9.00. The van der Waals surface area contributed by atoms with Crippen molar-refractivity contribution in [1.82, 2.24) is 0 Å². The molecule has 2 aromatic carbocycles. The Bertz CT molecular complexity index is 1020. The molecule has 0 bridgehead atoms. The van der Waals surface area contributed by atoms with Gasteiger partial charge in [-0.25, -0.2) is 0 Å². The number of ether oxygens (including phenoxy) is 2. The van der Waals surface area contributed by atoms with Gasteiger partial charge < -0.3 is 24.4 Å². The number of carboxylic acid groups (broad SMARTS) is 1. The lowest BCUT2D eigenvalue weighted by Gasteiger charge is -2.42. The number of halogens is 3. The average Bonchev–Trinajstić information content (AvgIpc) is 2.63. The molecular weight excluding hydrogens is 413 g/mol. The average molecular weight is 436 g/mol. The van der Waals surface area contributed by atoms with Gasteiger partial charge in [0.15, 0.2) is 0 Å². The van der Waals surface area contributed by atoms with Crippen LogP contribution in [0.5, 0.6) is 11.5 Å². The van der Waals surface area contributed by atoms with Crippen LogP contribution in [0.2, 0.25) is 0 Å². The molecule has 1 N–H and O–H groups in total. The van der Waals surface area contributed by atoms with Gasteiger partial charge in [-0.15, -0.1) is 0 Å². The van der Waals surface area contributed by atoms with Crippen molar-refractivity contribution >= 4 is 23.0 Å². The van der Waals surface area contributed by atoms with E-state index >= 15 is 0 Å². The van der Waals surface area contributed by atoms with Crippen molar-refractivity contribution in [2.75, 3.05) is 36.5 Å². The molecule has 0 aliphatic carbocycles. The Morgan fingerprint density at radius 2 is 1.84 bits per heavy atom. The smallest absolute Gasteiger partial charge is 0.416 e. The number of aliphatic carboxylic acids is 1. The number of anilines is 3. The third-order valence-corrected chi connectivity index (χ3v) is 5.52. The van der Waals surface area contributed by atoms with Gasteiger partial charge in [0, 0.05) is 36.6 Å². The highest BCUT2D eigenvalue weighted by molar-refractivity contribution is 5.78. The maximum Gasteiger partial charge on any atom is 0.416 e. The summed E-state index contributed by atoms with van der Waals surface area (Å²) in [4.78, 5) is 15.0. The van der Waals surface area contributed by atoms with Gasteiger partial charge in [0.05, 0.1) is 30.8 Å². The minimum absolute atomic E-state index is 0.158. The zero-order valence-electron chi connectivity index (χ0n) is 17.4. The molecule has 1 saturated heterocycles. The van der Waals surface area contributed by atoms with Crippen LogP contribution in [0.1, 0.15) is 19.4 Å². The van der Waals surface area contributed by atoms with Crippen molar-refractivity contribution in [3.8, 4) is 11.5 Å². The van der Waals surface area contributed by atoms with Crippen LogP contribution < -0.4 is 19.3 Å². The number of hydrogen-bond acceptors (Lipinski definition) is 5. The number of carboxylic acids is 1. The molecule has 2 heterocycles. The number of hydrogen-bond donors (Lipinski definition) is 1. The number of nitrogens with zero attached hydrogens (tertiary/aromatic N) is 2. The lowest BCUT2D eigenvalue weighted by Crippen LogP contribution is -2.50. The molecule has 2 aromatic rings. The predicted octanol–water partition coefficient (Wildman–Crippen LogP) is 4.54. The maximum absolute atomic E-state index is 13.2. The molecule has 0 unspecified atom stereocenters. The number of carbonyl (C=O) groups is 1. The highest BCUT2D eigenvalue weighted by Crippen LogP contribution is 2.45. The normalized spacial score (nSPS) is 18.1. The molecule has 0 spiro atoms. The van der Waals surface area contributed by atoms with Gasteiger partial charge >= 0.3 is 12.1 Å². The minimum atomic E-state index is -4.47. The molecule has 31 heavy (non-hydrogen) atoms. The van der Waals surface area contributed by atoms with E-state index in [0.717, 1.165) is 23.5 Å².